The fourth-order valence-electron chi connectivity index (χ4n) is 2.40. The molecule has 3 heterocycles. The standard InChI is InChI=1S/C17H17N3O/c1-12-9-19-17-16(12)8-14(11-20-17)13-5-6-15(18-10-13)4-3-7-21-2/h5-6,8-10,14H,7,11H2,1-2H3,(H,19,20). The van der Waals surface area contributed by atoms with Gasteiger partial charge in [0, 0.05) is 30.6 Å². The van der Waals surface area contributed by atoms with Crippen molar-refractivity contribution >= 4 is 6.08 Å². The van der Waals surface area contributed by atoms with E-state index in [1.54, 1.807) is 7.11 Å². The van der Waals surface area contributed by atoms with E-state index in [0.717, 1.165) is 17.7 Å². The van der Waals surface area contributed by atoms with Crippen LogP contribution < -0.4 is 10.7 Å². The summed E-state index contributed by atoms with van der Waals surface area (Å²) < 4.78 is 4.90. The number of nitrogens with one attached hydrogen (secondary N) is 1. The molecule has 1 aliphatic rings. The highest BCUT2D eigenvalue weighted by Gasteiger charge is 2.13. The minimum Gasteiger partial charge on any atom is -0.372 e. The average molecular weight is 279 g/mol. The van der Waals surface area contributed by atoms with Crippen molar-refractivity contribution in [1.29, 1.82) is 0 Å². The lowest BCUT2D eigenvalue weighted by atomic mass is 9.97. The summed E-state index contributed by atoms with van der Waals surface area (Å²) in [7, 11) is 1.63. The molecule has 0 bridgehead atoms. The number of aryl methyl sites for hydroxylation is 1. The zero-order valence-electron chi connectivity index (χ0n) is 12.2. The topological polar surface area (TPSA) is 50.3 Å². The van der Waals surface area contributed by atoms with Gasteiger partial charge in [-0.2, -0.15) is 0 Å². The maximum atomic E-state index is 4.90. The molecule has 4 nitrogen and oxygen atoms in total. The molecule has 1 aliphatic heterocycles. The number of fused-ring (bicyclic) bond motifs is 1. The van der Waals surface area contributed by atoms with E-state index in [0.29, 0.717) is 6.61 Å². The molecule has 4 heteroatoms. The van der Waals surface area contributed by atoms with Crippen molar-refractivity contribution in [3.63, 3.8) is 0 Å². The molecule has 1 atom stereocenters. The van der Waals surface area contributed by atoms with E-state index < -0.39 is 0 Å². The lowest BCUT2D eigenvalue weighted by Gasteiger charge is -2.12. The van der Waals surface area contributed by atoms with Crippen molar-refractivity contribution in [2.75, 3.05) is 20.3 Å². The molecular formula is C17H17N3O. The first-order valence-corrected chi connectivity index (χ1v) is 6.92. The van der Waals surface area contributed by atoms with E-state index in [9.17, 15) is 0 Å². The van der Waals surface area contributed by atoms with E-state index in [-0.39, 0.29) is 5.92 Å². The van der Waals surface area contributed by atoms with Gasteiger partial charge in [-0.1, -0.05) is 18.1 Å². The summed E-state index contributed by atoms with van der Waals surface area (Å²) in [6.45, 7) is 3.27. The summed E-state index contributed by atoms with van der Waals surface area (Å²) in [6, 6.07) is 4.03. The second kappa shape index (κ2) is 5.94. The molecule has 2 aromatic rings. The number of nitrogens with zero attached hydrogens (tertiary/aromatic N) is 2. The average Bonchev–Trinajstić information content (AvgIpc) is 2.89. The van der Waals surface area contributed by atoms with E-state index in [1.165, 1.54) is 16.3 Å². The van der Waals surface area contributed by atoms with Gasteiger partial charge in [-0.25, -0.2) is 4.98 Å². The molecule has 0 saturated heterocycles. The molecule has 0 aliphatic carbocycles. The Morgan fingerprint density at radius 2 is 2.33 bits per heavy atom. The van der Waals surface area contributed by atoms with Crippen molar-refractivity contribution in [2.45, 2.75) is 12.8 Å². The molecule has 1 N–H and O–H groups in total. The number of aromatic amines is 1. The number of ether oxygens (including phenoxy) is 1. The van der Waals surface area contributed by atoms with Gasteiger partial charge >= 0.3 is 0 Å². The highest BCUT2D eigenvalue weighted by molar-refractivity contribution is 5.43. The first-order valence-electron chi connectivity index (χ1n) is 6.92. The van der Waals surface area contributed by atoms with Crippen molar-refractivity contribution in [1.82, 2.24) is 9.97 Å². The van der Waals surface area contributed by atoms with E-state index in [4.69, 9.17) is 4.74 Å². The minimum absolute atomic E-state index is 0.278. The van der Waals surface area contributed by atoms with Gasteiger partial charge in [0.2, 0.25) is 0 Å². The maximum absolute atomic E-state index is 4.90. The number of aromatic nitrogens is 2. The SMILES string of the molecule is COCC#Cc1ccc(C2C=c3c(C)c[nH]c3=NC2)cn1. The first-order chi connectivity index (χ1) is 10.3. The highest BCUT2D eigenvalue weighted by atomic mass is 16.5. The highest BCUT2D eigenvalue weighted by Crippen LogP contribution is 2.18. The molecule has 21 heavy (non-hydrogen) atoms. The van der Waals surface area contributed by atoms with Gasteiger partial charge in [-0.05, 0) is 30.0 Å². The van der Waals surface area contributed by atoms with Crippen LogP contribution in [0, 0.1) is 18.8 Å². The van der Waals surface area contributed by atoms with Crippen molar-refractivity contribution in [3.05, 3.63) is 52.1 Å². The van der Waals surface area contributed by atoms with Crippen molar-refractivity contribution < 1.29 is 4.74 Å². The Bertz CT molecular complexity index is 806. The molecule has 3 rings (SSSR count). The normalized spacial score (nSPS) is 16.2. The minimum atomic E-state index is 0.278. The van der Waals surface area contributed by atoms with Crippen LogP contribution in [0.1, 0.15) is 22.7 Å². The number of rotatable bonds is 2. The quantitative estimate of drug-likeness (QED) is 0.831. The Kier molecular flexibility index (Phi) is 3.85. The van der Waals surface area contributed by atoms with E-state index in [1.807, 2.05) is 18.5 Å². The number of H-pyrrole nitrogens is 1. The predicted molar refractivity (Wildman–Crippen MR) is 81.4 cm³/mol. The number of hydrogen-bond donors (Lipinski definition) is 1. The van der Waals surface area contributed by atoms with E-state index in [2.05, 4.69) is 45.9 Å². The fraction of sp³-hybridized carbons (Fsp3) is 0.294. The Morgan fingerprint density at radius 1 is 1.43 bits per heavy atom. The largest absolute Gasteiger partial charge is 0.372 e. The van der Waals surface area contributed by atoms with Crippen molar-refractivity contribution in [2.24, 2.45) is 4.99 Å². The van der Waals surface area contributed by atoms with Crippen LogP contribution >= 0.6 is 0 Å². The Labute approximate surface area is 123 Å². The lowest BCUT2D eigenvalue weighted by Crippen LogP contribution is -2.30. The smallest absolute Gasteiger partial charge is 0.132 e. The molecule has 0 radical (unpaired) electrons. The summed E-state index contributed by atoms with van der Waals surface area (Å²) in [5, 5.41) is 1.20. The first kappa shape index (κ1) is 13.6. The van der Waals surface area contributed by atoms with Crippen molar-refractivity contribution in [3.8, 4) is 11.8 Å². The number of methoxy groups -OCH3 is 1. The fourth-order valence-corrected chi connectivity index (χ4v) is 2.40. The summed E-state index contributed by atoms with van der Waals surface area (Å²) >= 11 is 0. The van der Waals surface area contributed by atoms with E-state index >= 15 is 0 Å². The third kappa shape index (κ3) is 2.88. The summed E-state index contributed by atoms with van der Waals surface area (Å²) in [6.07, 6.45) is 6.15. The van der Waals surface area contributed by atoms with Crippen LogP contribution in [0.25, 0.3) is 6.08 Å². The summed E-state index contributed by atoms with van der Waals surface area (Å²) in [4.78, 5) is 12.2. The number of pyridine rings is 1. The van der Waals surface area contributed by atoms with Crippen LogP contribution in [-0.4, -0.2) is 30.2 Å². The molecule has 106 valence electrons. The van der Waals surface area contributed by atoms with Crippen LogP contribution in [-0.2, 0) is 4.74 Å². The van der Waals surface area contributed by atoms with Crippen LogP contribution in [0.3, 0.4) is 0 Å². The van der Waals surface area contributed by atoms with Crippen LogP contribution in [0.4, 0.5) is 0 Å². The molecule has 0 aromatic carbocycles. The zero-order valence-corrected chi connectivity index (χ0v) is 12.2. The number of hydrogen-bond acceptors (Lipinski definition) is 3. The van der Waals surface area contributed by atoms with Gasteiger partial charge in [0.05, 0.1) is 6.54 Å². The molecule has 0 spiro atoms. The Morgan fingerprint density at radius 3 is 3.10 bits per heavy atom. The van der Waals surface area contributed by atoms with Gasteiger partial charge in [0.25, 0.3) is 0 Å². The van der Waals surface area contributed by atoms with Gasteiger partial charge in [0.1, 0.15) is 17.8 Å². The molecule has 0 fully saturated rings. The van der Waals surface area contributed by atoms with Gasteiger partial charge in [-0.15, -0.1) is 0 Å². The second-order valence-electron chi connectivity index (χ2n) is 5.06. The predicted octanol–water partition coefficient (Wildman–Crippen LogP) is 0.914. The Balaban J connectivity index is 1.84. The lowest BCUT2D eigenvalue weighted by molar-refractivity contribution is 0.240. The third-order valence-corrected chi connectivity index (χ3v) is 3.57. The molecule has 1 unspecified atom stereocenters. The molecule has 0 amide bonds. The third-order valence-electron chi connectivity index (χ3n) is 3.57. The van der Waals surface area contributed by atoms with Gasteiger partial charge in [-0.3, -0.25) is 4.99 Å². The summed E-state index contributed by atoms with van der Waals surface area (Å²) in [5.41, 5.74) is 4.15. The summed E-state index contributed by atoms with van der Waals surface area (Å²) in [5.74, 6) is 6.15. The van der Waals surface area contributed by atoms with Crippen LogP contribution in [0.15, 0.2) is 29.5 Å². The zero-order chi connectivity index (χ0) is 14.7. The molecule has 0 saturated carbocycles. The monoisotopic (exact) mass is 279 g/mol. The van der Waals surface area contributed by atoms with Crippen LogP contribution in [0.5, 0.6) is 0 Å². The van der Waals surface area contributed by atoms with Gasteiger partial charge < -0.3 is 9.72 Å². The maximum Gasteiger partial charge on any atom is 0.132 e. The Hall–Kier alpha value is -2.38. The molecule has 2 aromatic heterocycles. The van der Waals surface area contributed by atoms with Crippen LogP contribution in [0.2, 0.25) is 0 Å². The van der Waals surface area contributed by atoms with Gasteiger partial charge in [0.15, 0.2) is 0 Å². The molecular weight excluding hydrogens is 262 g/mol. The second-order valence-corrected chi connectivity index (χ2v) is 5.06.